The molecule has 1 aromatic rings. The zero-order chi connectivity index (χ0) is 9.68. The van der Waals surface area contributed by atoms with Crippen LogP contribution in [0.3, 0.4) is 0 Å². The number of thiocarbonyl (C=S) groups is 1. The average molecular weight is 199 g/mol. The maximum Gasteiger partial charge on any atom is 0.243 e. The molecular weight excluding hydrogens is 190 g/mol. The number of ether oxygens (including phenoxy) is 1. The zero-order valence-electron chi connectivity index (χ0n) is 6.80. The SMILES string of the molecule is NC(=S)c1nccnc1OCCO. The van der Waals surface area contributed by atoms with Gasteiger partial charge in [0.1, 0.15) is 11.6 Å². The fourth-order valence-electron chi connectivity index (χ4n) is 0.742. The smallest absolute Gasteiger partial charge is 0.243 e. The molecule has 0 aliphatic carbocycles. The molecular formula is C7H9N3O2S. The Morgan fingerprint density at radius 1 is 1.54 bits per heavy atom. The van der Waals surface area contributed by atoms with Crippen LogP contribution in [0, 0.1) is 0 Å². The largest absolute Gasteiger partial charge is 0.474 e. The highest BCUT2D eigenvalue weighted by Crippen LogP contribution is 2.10. The number of rotatable bonds is 4. The fourth-order valence-corrected chi connectivity index (χ4v) is 0.882. The molecule has 1 aromatic heterocycles. The third kappa shape index (κ3) is 2.60. The van der Waals surface area contributed by atoms with E-state index in [0.29, 0.717) is 5.69 Å². The lowest BCUT2D eigenvalue weighted by Gasteiger charge is -2.05. The summed E-state index contributed by atoms with van der Waals surface area (Å²) in [6.07, 6.45) is 2.94. The van der Waals surface area contributed by atoms with Crippen molar-refractivity contribution in [3.63, 3.8) is 0 Å². The molecule has 0 aromatic carbocycles. The van der Waals surface area contributed by atoms with Gasteiger partial charge in [-0.15, -0.1) is 0 Å². The Hall–Kier alpha value is -1.27. The highest BCUT2D eigenvalue weighted by atomic mass is 32.1. The maximum absolute atomic E-state index is 8.52. The predicted molar refractivity (Wildman–Crippen MR) is 50.5 cm³/mol. The summed E-state index contributed by atoms with van der Waals surface area (Å²) in [5, 5.41) is 8.52. The van der Waals surface area contributed by atoms with Crippen LogP contribution in [0.25, 0.3) is 0 Å². The fraction of sp³-hybridized carbons (Fsp3) is 0.286. The van der Waals surface area contributed by atoms with Crippen molar-refractivity contribution in [3.05, 3.63) is 18.1 Å². The van der Waals surface area contributed by atoms with Crippen LogP contribution in [-0.2, 0) is 0 Å². The van der Waals surface area contributed by atoms with E-state index < -0.39 is 0 Å². The van der Waals surface area contributed by atoms with Gasteiger partial charge in [-0.2, -0.15) is 0 Å². The van der Waals surface area contributed by atoms with Crippen LogP contribution in [0.5, 0.6) is 5.88 Å². The van der Waals surface area contributed by atoms with Crippen molar-refractivity contribution >= 4 is 17.2 Å². The molecule has 0 bridgehead atoms. The first-order valence-electron chi connectivity index (χ1n) is 3.60. The van der Waals surface area contributed by atoms with E-state index in [-0.39, 0.29) is 24.1 Å². The molecule has 0 spiro atoms. The normalized spacial score (nSPS) is 9.62. The summed E-state index contributed by atoms with van der Waals surface area (Å²) in [6.45, 7) is 0.0572. The van der Waals surface area contributed by atoms with Gasteiger partial charge in [0.2, 0.25) is 5.88 Å². The number of aliphatic hydroxyl groups excluding tert-OH is 1. The Morgan fingerprint density at radius 2 is 2.23 bits per heavy atom. The summed E-state index contributed by atoms with van der Waals surface area (Å²) in [7, 11) is 0. The summed E-state index contributed by atoms with van der Waals surface area (Å²) in [5.41, 5.74) is 5.71. The van der Waals surface area contributed by atoms with E-state index in [9.17, 15) is 0 Å². The molecule has 6 heteroatoms. The molecule has 0 unspecified atom stereocenters. The van der Waals surface area contributed by atoms with Crippen molar-refractivity contribution in [3.8, 4) is 5.88 Å². The quantitative estimate of drug-likeness (QED) is 0.635. The molecule has 70 valence electrons. The van der Waals surface area contributed by atoms with Gasteiger partial charge in [-0.3, -0.25) is 0 Å². The molecule has 1 rings (SSSR count). The molecule has 1 heterocycles. The van der Waals surface area contributed by atoms with E-state index in [4.69, 9.17) is 27.8 Å². The van der Waals surface area contributed by atoms with E-state index in [1.165, 1.54) is 12.4 Å². The number of hydrogen-bond donors (Lipinski definition) is 2. The average Bonchev–Trinajstić information content (AvgIpc) is 2.15. The van der Waals surface area contributed by atoms with Crippen molar-refractivity contribution in [2.45, 2.75) is 0 Å². The second kappa shape index (κ2) is 4.68. The first-order chi connectivity index (χ1) is 6.25. The summed E-state index contributed by atoms with van der Waals surface area (Å²) in [4.78, 5) is 7.90. The molecule has 5 nitrogen and oxygen atoms in total. The van der Waals surface area contributed by atoms with Crippen molar-refractivity contribution in [1.29, 1.82) is 0 Å². The first-order valence-corrected chi connectivity index (χ1v) is 4.01. The lowest BCUT2D eigenvalue weighted by molar-refractivity contribution is 0.196. The van der Waals surface area contributed by atoms with Crippen molar-refractivity contribution in [1.82, 2.24) is 9.97 Å². The van der Waals surface area contributed by atoms with E-state index in [1.807, 2.05) is 0 Å². The predicted octanol–water partition coefficient (Wildman–Crippen LogP) is -0.518. The molecule has 0 atom stereocenters. The lowest BCUT2D eigenvalue weighted by atomic mass is 10.4. The van der Waals surface area contributed by atoms with Gasteiger partial charge in [-0.25, -0.2) is 9.97 Å². The third-order valence-corrected chi connectivity index (χ3v) is 1.42. The topological polar surface area (TPSA) is 81.3 Å². The summed E-state index contributed by atoms with van der Waals surface area (Å²) in [5.74, 6) is 0.254. The van der Waals surface area contributed by atoms with Gasteiger partial charge in [0.25, 0.3) is 0 Å². The molecule has 0 saturated heterocycles. The molecule has 0 saturated carbocycles. The van der Waals surface area contributed by atoms with Crippen LogP contribution in [0.2, 0.25) is 0 Å². The van der Waals surface area contributed by atoms with Gasteiger partial charge in [0.05, 0.1) is 6.61 Å². The van der Waals surface area contributed by atoms with Crippen molar-refractivity contribution < 1.29 is 9.84 Å². The van der Waals surface area contributed by atoms with Crippen LogP contribution < -0.4 is 10.5 Å². The van der Waals surface area contributed by atoms with Crippen LogP contribution in [0.1, 0.15) is 5.69 Å². The van der Waals surface area contributed by atoms with Gasteiger partial charge in [-0.05, 0) is 0 Å². The van der Waals surface area contributed by atoms with E-state index in [2.05, 4.69) is 9.97 Å². The Balaban J connectivity index is 2.84. The molecule has 0 amide bonds. The third-order valence-electron chi connectivity index (χ3n) is 1.23. The monoisotopic (exact) mass is 199 g/mol. The minimum Gasteiger partial charge on any atom is -0.474 e. The van der Waals surface area contributed by atoms with E-state index >= 15 is 0 Å². The Morgan fingerprint density at radius 3 is 2.85 bits per heavy atom. The second-order valence-electron chi connectivity index (χ2n) is 2.15. The van der Waals surface area contributed by atoms with Gasteiger partial charge in [0.15, 0.2) is 5.69 Å². The first kappa shape index (κ1) is 9.82. The number of hydrogen-bond acceptors (Lipinski definition) is 5. The van der Waals surface area contributed by atoms with Crippen LogP contribution in [0.15, 0.2) is 12.4 Å². The Bertz CT molecular complexity index is 306. The standard InChI is InChI=1S/C7H9N3O2S/c8-6(13)5-7(12-4-3-11)10-2-1-9-5/h1-2,11H,3-4H2,(H2,8,13). The Kier molecular flexibility index (Phi) is 3.53. The number of aliphatic hydroxyl groups is 1. The highest BCUT2D eigenvalue weighted by molar-refractivity contribution is 7.80. The summed E-state index contributed by atoms with van der Waals surface area (Å²) >= 11 is 4.73. The molecule has 3 N–H and O–H groups in total. The van der Waals surface area contributed by atoms with Gasteiger partial charge in [0, 0.05) is 12.4 Å². The molecule has 0 aliphatic heterocycles. The zero-order valence-corrected chi connectivity index (χ0v) is 7.62. The van der Waals surface area contributed by atoms with Crippen LogP contribution in [-0.4, -0.2) is 33.3 Å². The summed E-state index contributed by atoms with van der Waals surface area (Å²) < 4.78 is 5.06. The molecule has 13 heavy (non-hydrogen) atoms. The minimum absolute atomic E-state index is 0.0899. The van der Waals surface area contributed by atoms with Gasteiger partial charge < -0.3 is 15.6 Å². The number of nitrogens with two attached hydrogens (primary N) is 1. The second-order valence-corrected chi connectivity index (χ2v) is 2.59. The van der Waals surface area contributed by atoms with Crippen LogP contribution >= 0.6 is 12.2 Å². The maximum atomic E-state index is 8.52. The van der Waals surface area contributed by atoms with Gasteiger partial charge >= 0.3 is 0 Å². The summed E-state index contributed by atoms with van der Waals surface area (Å²) in [6, 6.07) is 0. The number of nitrogens with zero attached hydrogens (tertiary/aromatic N) is 2. The lowest BCUT2D eigenvalue weighted by Crippen LogP contribution is -2.15. The minimum atomic E-state index is -0.0899. The van der Waals surface area contributed by atoms with Gasteiger partial charge in [-0.1, -0.05) is 12.2 Å². The highest BCUT2D eigenvalue weighted by Gasteiger charge is 2.07. The Labute approximate surface area is 80.6 Å². The molecule has 0 radical (unpaired) electrons. The van der Waals surface area contributed by atoms with Crippen molar-refractivity contribution in [2.75, 3.05) is 13.2 Å². The van der Waals surface area contributed by atoms with E-state index in [1.54, 1.807) is 0 Å². The number of aromatic nitrogens is 2. The van der Waals surface area contributed by atoms with Crippen molar-refractivity contribution in [2.24, 2.45) is 5.73 Å². The molecule has 0 fully saturated rings. The van der Waals surface area contributed by atoms with E-state index in [0.717, 1.165) is 0 Å². The van der Waals surface area contributed by atoms with Crippen LogP contribution in [0.4, 0.5) is 0 Å². The molecule has 0 aliphatic rings.